The Morgan fingerprint density at radius 1 is 1.50 bits per heavy atom. The third-order valence-electron chi connectivity index (χ3n) is 3.33. The lowest BCUT2D eigenvalue weighted by molar-refractivity contribution is 0.343. The van der Waals surface area contributed by atoms with Gasteiger partial charge >= 0.3 is 0 Å². The monoisotopic (exact) mass is 333 g/mol. The minimum absolute atomic E-state index is 0.449. The molecule has 1 aromatic rings. The van der Waals surface area contributed by atoms with Gasteiger partial charge in [0.15, 0.2) is 0 Å². The highest BCUT2D eigenvalue weighted by atomic mass is 127. The SMILES string of the molecule is CC(CNC1CCCCC1)n1cc(I)cn1. The normalized spacial score (nSPS) is 19.9. The summed E-state index contributed by atoms with van der Waals surface area (Å²) in [7, 11) is 0. The van der Waals surface area contributed by atoms with Gasteiger partial charge in [-0.3, -0.25) is 4.68 Å². The Morgan fingerprint density at radius 2 is 2.25 bits per heavy atom. The minimum Gasteiger partial charge on any atom is -0.312 e. The molecule has 0 aliphatic heterocycles. The van der Waals surface area contributed by atoms with Crippen molar-refractivity contribution in [1.82, 2.24) is 15.1 Å². The predicted molar refractivity (Wildman–Crippen MR) is 74.5 cm³/mol. The number of halogens is 1. The summed E-state index contributed by atoms with van der Waals surface area (Å²) in [6.07, 6.45) is 10.9. The Labute approximate surface area is 111 Å². The van der Waals surface area contributed by atoms with E-state index in [1.807, 2.05) is 6.20 Å². The molecule has 0 saturated heterocycles. The van der Waals surface area contributed by atoms with E-state index in [0.29, 0.717) is 6.04 Å². The summed E-state index contributed by atoms with van der Waals surface area (Å²) < 4.78 is 3.26. The highest BCUT2D eigenvalue weighted by molar-refractivity contribution is 14.1. The van der Waals surface area contributed by atoms with Crippen LogP contribution in [-0.4, -0.2) is 22.4 Å². The molecule has 0 aromatic carbocycles. The van der Waals surface area contributed by atoms with Gasteiger partial charge in [0.05, 0.1) is 15.8 Å². The molecule has 0 radical (unpaired) electrons. The maximum atomic E-state index is 4.35. The van der Waals surface area contributed by atoms with Gasteiger partial charge in [0.1, 0.15) is 0 Å². The zero-order valence-electron chi connectivity index (χ0n) is 9.82. The Kier molecular flexibility index (Phi) is 4.64. The molecule has 1 saturated carbocycles. The molecule has 1 unspecified atom stereocenters. The van der Waals surface area contributed by atoms with Crippen LogP contribution in [0.3, 0.4) is 0 Å². The molecule has 4 heteroatoms. The number of rotatable bonds is 4. The average molecular weight is 333 g/mol. The smallest absolute Gasteiger partial charge is 0.0623 e. The number of nitrogens with zero attached hydrogens (tertiary/aromatic N) is 2. The summed E-state index contributed by atoms with van der Waals surface area (Å²) in [5.41, 5.74) is 0. The van der Waals surface area contributed by atoms with Crippen molar-refractivity contribution in [2.45, 2.75) is 51.1 Å². The van der Waals surface area contributed by atoms with E-state index in [0.717, 1.165) is 12.6 Å². The van der Waals surface area contributed by atoms with Crippen molar-refractivity contribution in [2.24, 2.45) is 0 Å². The van der Waals surface area contributed by atoms with E-state index in [1.54, 1.807) is 0 Å². The summed E-state index contributed by atoms with van der Waals surface area (Å²) in [5, 5.41) is 8.01. The second-order valence-electron chi connectivity index (χ2n) is 4.73. The zero-order valence-corrected chi connectivity index (χ0v) is 12.0. The lowest BCUT2D eigenvalue weighted by Gasteiger charge is -2.24. The standard InChI is InChI=1S/C12H20IN3/c1-10(16-9-11(13)8-15-16)7-14-12-5-3-2-4-6-12/h8-10,12,14H,2-7H2,1H3. The summed E-state index contributed by atoms with van der Waals surface area (Å²) in [4.78, 5) is 0. The Balaban J connectivity index is 1.76. The van der Waals surface area contributed by atoms with Crippen LogP contribution in [0.5, 0.6) is 0 Å². The lowest BCUT2D eigenvalue weighted by Crippen LogP contribution is -2.35. The maximum Gasteiger partial charge on any atom is 0.0623 e. The van der Waals surface area contributed by atoms with Gasteiger partial charge in [-0.25, -0.2) is 0 Å². The third kappa shape index (κ3) is 3.45. The number of nitrogens with one attached hydrogen (secondary N) is 1. The van der Waals surface area contributed by atoms with Crippen molar-refractivity contribution >= 4 is 22.6 Å². The van der Waals surface area contributed by atoms with E-state index < -0.39 is 0 Å². The molecule has 0 spiro atoms. The van der Waals surface area contributed by atoms with Gasteiger partial charge in [0.2, 0.25) is 0 Å². The number of aromatic nitrogens is 2. The zero-order chi connectivity index (χ0) is 11.4. The second-order valence-corrected chi connectivity index (χ2v) is 5.98. The van der Waals surface area contributed by atoms with Crippen LogP contribution in [0.1, 0.15) is 45.1 Å². The highest BCUT2D eigenvalue weighted by Crippen LogP contribution is 2.18. The Morgan fingerprint density at radius 3 is 2.88 bits per heavy atom. The molecule has 0 bridgehead atoms. The summed E-state index contributed by atoms with van der Waals surface area (Å²) in [6.45, 7) is 3.25. The molecule has 1 N–H and O–H groups in total. The fraction of sp³-hybridized carbons (Fsp3) is 0.750. The van der Waals surface area contributed by atoms with Gasteiger partial charge < -0.3 is 5.32 Å². The van der Waals surface area contributed by atoms with E-state index >= 15 is 0 Å². The Bertz CT molecular complexity index is 318. The van der Waals surface area contributed by atoms with E-state index in [9.17, 15) is 0 Å². The van der Waals surface area contributed by atoms with Crippen LogP contribution in [0.2, 0.25) is 0 Å². The summed E-state index contributed by atoms with van der Waals surface area (Å²) >= 11 is 2.30. The predicted octanol–water partition coefficient (Wildman–Crippen LogP) is 2.97. The van der Waals surface area contributed by atoms with Crippen molar-refractivity contribution in [3.05, 3.63) is 16.0 Å². The molecule has 1 heterocycles. The minimum atomic E-state index is 0.449. The first-order valence-electron chi connectivity index (χ1n) is 6.19. The topological polar surface area (TPSA) is 29.9 Å². The van der Waals surface area contributed by atoms with Crippen molar-refractivity contribution in [1.29, 1.82) is 0 Å². The van der Waals surface area contributed by atoms with Crippen LogP contribution in [0.25, 0.3) is 0 Å². The molecule has 1 atom stereocenters. The molecular weight excluding hydrogens is 313 g/mol. The summed E-state index contributed by atoms with van der Waals surface area (Å²) in [6, 6.07) is 1.19. The van der Waals surface area contributed by atoms with Crippen molar-refractivity contribution in [3.63, 3.8) is 0 Å². The fourth-order valence-corrected chi connectivity index (χ4v) is 2.70. The second kappa shape index (κ2) is 6.00. The van der Waals surface area contributed by atoms with Crippen LogP contribution in [0, 0.1) is 3.57 Å². The van der Waals surface area contributed by atoms with Crippen LogP contribution in [0.4, 0.5) is 0 Å². The van der Waals surface area contributed by atoms with Crippen LogP contribution < -0.4 is 5.32 Å². The van der Waals surface area contributed by atoms with Crippen molar-refractivity contribution < 1.29 is 0 Å². The quantitative estimate of drug-likeness (QED) is 0.859. The van der Waals surface area contributed by atoms with E-state index in [-0.39, 0.29) is 0 Å². The van der Waals surface area contributed by atoms with Gasteiger partial charge in [-0.15, -0.1) is 0 Å². The molecule has 1 fully saturated rings. The first-order valence-corrected chi connectivity index (χ1v) is 7.26. The van der Waals surface area contributed by atoms with Gasteiger partial charge in [-0.2, -0.15) is 5.10 Å². The van der Waals surface area contributed by atoms with Crippen LogP contribution in [0.15, 0.2) is 12.4 Å². The largest absolute Gasteiger partial charge is 0.312 e. The maximum absolute atomic E-state index is 4.35. The van der Waals surface area contributed by atoms with Gasteiger partial charge in [-0.1, -0.05) is 19.3 Å². The van der Waals surface area contributed by atoms with Gasteiger partial charge in [0.25, 0.3) is 0 Å². The third-order valence-corrected chi connectivity index (χ3v) is 3.89. The van der Waals surface area contributed by atoms with Crippen molar-refractivity contribution in [3.8, 4) is 0 Å². The fourth-order valence-electron chi connectivity index (χ4n) is 2.29. The van der Waals surface area contributed by atoms with Gasteiger partial charge in [0, 0.05) is 18.8 Å². The molecule has 0 amide bonds. The molecule has 2 rings (SSSR count). The average Bonchev–Trinajstić information content (AvgIpc) is 2.74. The number of hydrogen-bond donors (Lipinski definition) is 1. The molecular formula is C12H20IN3. The van der Waals surface area contributed by atoms with Crippen molar-refractivity contribution in [2.75, 3.05) is 6.54 Å². The Hall–Kier alpha value is -0.100. The van der Waals surface area contributed by atoms with Crippen LogP contribution >= 0.6 is 22.6 Å². The molecule has 1 aliphatic rings. The lowest BCUT2D eigenvalue weighted by atomic mass is 9.95. The van der Waals surface area contributed by atoms with E-state index in [1.165, 1.54) is 35.7 Å². The number of hydrogen-bond acceptors (Lipinski definition) is 2. The van der Waals surface area contributed by atoms with Gasteiger partial charge in [-0.05, 0) is 42.4 Å². The highest BCUT2D eigenvalue weighted by Gasteiger charge is 2.14. The molecule has 1 aliphatic carbocycles. The first-order chi connectivity index (χ1) is 7.75. The molecule has 16 heavy (non-hydrogen) atoms. The van der Waals surface area contributed by atoms with E-state index in [4.69, 9.17) is 0 Å². The molecule has 1 aromatic heterocycles. The first kappa shape index (κ1) is 12.4. The van der Waals surface area contributed by atoms with Crippen LogP contribution in [-0.2, 0) is 0 Å². The molecule has 3 nitrogen and oxygen atoms in total. The van der Waals surface area contributed by atoms with E-state index in [2.05, 4.69) is 50.8 Å². The summed E-state index contributed by atoms with van der Waals surface area (Å²) in [5.74, 6) is 0. The molecule has 90 valence electrons.